The van der Waals surface area contributed by atoms with Gasteiger partial charge >= 0.3 is 0 Å². The molecule has 1 saturated heterocycles. The number of hydrogen-bond donors (Lipinski definition) is 1. The number of hydrogen-bond acceptors (Lipinski definition) is 5. The van der Waals surface area contributed by atoms with E-state index in [2.05, 4.69) is 61.8 Å². The summed E-state index contributed by atoms with van der Waals surface area (Å²) in [5.41, 5.74) is 4.31. The molecular weight excluding hydrogens is 460 g/mol. The Balaban J connectivity index is 1.57. The molecule has 35 heavy (non-hydrogen) atoms. The van der Waals surface area contributed by atoms with E-state index in [1.165, 1.54) is 15.4 Å². The van der Waals surface area contributed by atoms with Crippen molar-refractivity contribution in [3.05, 3.63) is 59.4 Å². The standard InChI is InChI=1S/C27H38N4O3S/c1-5-7-21-8-10-22(11-9-21)27(20(3)4)28-19-26-29-24-18-23(12-13-25(24)31(26)6-2)35(32,33)30-14-16-34-17-15-30/h8-13,18,20,27-28H,5-7,14-17,19H2,1-4H3/t27-/m0/s1. The Morgan fingerprint density at radius 1 is 1.06 bits per heavy atom. The largest absolute Gasteiger partial charge is 0.379 e. The Morgan fingerprint density at radius 2 is 1.77 bits per heavy atom. The van der Waals surface area contributed by atoms with E-state index in [0.29, 0.717) is 49.2 Å². The Bertz CT molecular complexity index is 1230. The van der Waals surface area contributed by atoms with Crippen LogP contribution in [0.5, 0.6) is 0 Å². The normalized spacial score (nSPS) is 16.3. The smallest absolute Gasteiger partial charge is 0.243 e. The van der Waals surface area contributed by atoms with Crippen molar-refractivity contribution in [1.29, 1.82) is 0 Å². The molecule has 0 radical (unpaired) electrons. The Morgan fingerprint density at radius 3 is 2.40 bits per heavy atom. The molecule has 190 valence electrons. The van der Waals surface area contributed by atoms with E-state index >= 15 is 0 Å². The van der Waals surface area contributed by atoms with Gasteiger partial charge in [-0.3, -0.25) is 0 Å². The number of nitrogens with one attached hydrogen (secondary N) is 1. The van der Waals surface area contributed by atoms with Gasteiger partial charge in [0.1, 0.15) is 5.82 Å². The quantitative estimate of drug-likeness (QED) is 0.445. The summed E-state index contributed by atoms with van der Waals surface area (Å²) in [6, 6.07) is 14.4. The molecular formula is C27H38N4O3S. The number of sulfonamides is 1. The third-order valence-electron chi connectivity index (χ3n) is 6.75. The first-order valence-corrected chi connectivity index (χ1v) is 14.2. The zero-order valence-corrected chi connectivity index (χ0v) is 22.1. The van der Waals surface area contributed by atoms with Crippen LogP contribution in [0.25, 0.3) is 11.0 Å². The molecule has 2 aromatic carbocycles. The number of aromatic nitrogens is 2. The van der Waals surface area contributed by atoms with Crippen LogP contribution in [0.1, 0.15) is 57.1 Å². The van der Waals surface area contributed by atoms with Crippen molar-refractivity contribution in [3.8, 4) is 0 Å². The summed E-state index contributed by atoms with van der Waals surface area (Å²) in [6.45, 7) is 11.7. The molecule has 1 N–H and O–H groups in total. The van der Waals surface area contributed by atoms with Crippen LogP contribution >= 0.6 is 0 Å². The number of benzene rings is 2. The molecule has 2 heterocycles. The minimum Gasteiger partial charge on any atom is -0.379 e. The summed E-state index contributed by atoms with van der Waals surface area (Å²) in [6.07, 6.45) is 2.25. The molecule has 1 aliphatic rings. The van der Waals surface area contributed by atoms with Crippen LogP contribution in [0.3, 0.4) is 0 Å². The van der Waals surface area contributed by atoms with Gasteiger partial charge in [-0.1, -0.05) is 51.5 Å². The van der Waals surface area contributed by atoms with E-state index in [1.54, 1.807) is 12.1 Å². The lowest BCUT2D eigenvalue weighted by Gasteiger charge is -2.26. The van der Waals surface area contributed by atoms with Gasteiger partial charge in [0.05, 0.1) is 35.7 Å². The maximum atomic E-state index is 13.1. The first-order valence-electron chi connectivity index (χ1n) is 12.7. The average Bonchev–Trinajstić information content (AvgIpc) is 3.22. The van der Waals surface area contributed by atoms with Crippen molar-refractivity contribution >= 4 is 21.1 Å². The highest BCUT2D eigenvalue weighted by molar-refractivity contribution is 7.89. The first kappa shape index (κ1) is 25.8. The van der Waals surface area contributed by atoms with Crippen molar-refractivity contribution in [1.82, 2.24) is 19.2 Å². The molecule has 0 bridgehead atoms. The van der Waals surface area contributed by atoms with Crippen molar-refractivity contribution in [2.24, 2.45) is 5.92 Å². The first-order chi connectivity index (χ1) is 16.8. The zero-order valence-electron chi connectivity index (χ0n) is 21.3. The van der Waals surface area contributed by atoms with Gasteiger partial charge in [-0.25, -0.2) is 13.4 Å². The average molecular weight is 499 g/mol. The van der Waals surface area contributed by atoms with E-state index in [0.717, 1.165) is 30.7 Å². The summed E-state index contributed by atoms with van der Waals surface area (Å²) in [5, 5.41) is 3.71. The second-order valence-corrected chi connectivity index (χ2v) is 11.5. The summed E-state index contributed by atoms with van der Waals surface area (Å²) in [7, 11) is -3.56. The predicted molar refractivity (Wildman–Crippen MR) is 140 cm³/mol. The lowest BCUT2D eigenvalue weighted by Crippen LogP contribution is -2.40. The molecule has 0 unspecified atom stereocenters. The summed E-state index contributed by atoms with van der Waals surface area (Å²) < 4.78 is 35.2. The summed E-state index contributed by atoms with van der Waals surface area (Å²) >= 11 is 0. The van der Waals surface area contributed by atoms with Crippen LogP contribution in [0, 0.1) is 5.92 Å². The van der Waals surface area contributed by atoms with Gasteiger partial charge in [-0.05, 0) is 48.6 Å². The lowest BCUT2D eigenvalue weighted by atomic mass is 9.94. The topological polar surface area (TPSA) is 76.5 Å². The van der Waals surface area contributed by atoms with Crippen LogP contribution in [0.4, 0.5) is 0 Å². The van der Waals surface area contributed by atoms with Crippen molar-refractivity contribution < 1.29 is 13.2 Å². The van der Waals surface area contributed by atoms with Gasteiger partial charge in [0, 0.05) is 25.7 Å². The van der Waals surface area contributed by atoms with Crippen molar-refractivity contribution in [3.63, 3.8) is 0 Å². The Hall–Kier alpha value is -2.26. The minimum atomic E-state index is -3.56. The van der Waals surface area contributed by atoms with Crippen LogP contribution in [-0.4, -0.2) is 48.6 Å². The number of rotatable bonds is 10. The van der Waals surface area contributed by atoms with Crippen LogP contribution in [-0.2, 0) is 34.3 Å². The molecule has 1 aromatic heterocycles. The van der Waals surface area contributed by atoms with E-state index in [4.69, 9.17) is 9.72 Å². The molecule has 1 aliphatic heterocycles. The second kappa shape index (κ2) is 11.2. The lowest BCUT2D eigenvalue weighted by molar-refractivity contribution is 0.0730. The van der Waals surface area contributed by atoms with Crippen molar-refractivity contribution in [2.45, 2.75) is 64.6 Å². The van der Waals surface area contributed by atoms with Crippen LogP contribution in [0.15, 0.2) is 47.4 Å². The maximum Gasteiger partial charge on any atom is 0.243 e. The maximum absolute atomic E-state index is 13.1. The van der Waals surface area contributed by atoms with E-state index in [9.17, 15) is 8.42 Å². The fourth-order valence-electron chi connectivity index (χ4n) is 4.86. The van der Waals surface area contributed by atoms with Gasteiger partial charge in [-0.15, -0.1) is 0 Å². The third kappa shape index (κ3) is 5.61. The van der Waals surface area contributed by atoms with Gasteiger partial charge < -0.3 is 14.6 Å². The molecule has 0 aliphatic carbocycles. The van der Waals surface area contributed by atoms with Crippen molar-refractivity contribution in [2.75, 3.05) is 26.3 Å². The van der Waals surface area contributed by atoms with Gasteiger partial charge in [0.25, 0.3) is 0 Å². The molecule has 8 heteroatoms. The molecule has 7 nitrogen and oxygen atoms in total. The summed E-state index contributed by atoms with van der Waals surface area (Å²) in [5.74, 6) is 1.33. The second-order valence-electron chi connectivity index (χ2n) is 9.53. The van der Waals surface area contributed by atoms with Crippen LogP contribution < -0.4 is 5.32 Å². The number of nitrogens with zero attached hydrogens (tertiary/aromatic N) is 3. The number of imidazole rings is 1. The van der Waals surface area contributed by atoms with Gasteiger partial charge in [-0.2, -0.15) is 4.31 Å². The highest BCUT2D eigenvalue weighted by Crippen LogP contribution is 2.26. The van der Waals surface area contributed by atoms with Gasteiger partial charge in [0.2, 0.25) is 10.0 Å². The monoisotopic (exact) mass is 498 g/mol. The molecule has 1 fully saturated rings. The number of aryl methyl sites for hydroxylation is 2. The molecule has 0 amide bonds. The van der Waals surface area contributed by atoms with E-state index < -0.39 is 10.0 Å². The fourth-order valence-corrected chi connectivity index (χ4v) is 6.29. The fraction of sp³-hybridized carbons (Fsp3) is 0.519. The molecule has 3 aromatic rings. The highest BCUT2D eigenvalue weighted by Gasteiger charge is 2.27. The minimum absolute atomic E-state index is 0.202. The Kier molecular flexibility index (Phi) is 8.27. The van der Waals surface area contributed by atoms with E-state index in [-0.39, 0.29) is 6.04 Å². The summed E-state index contributed by atoms with van der Waals surface area (Å²) in [4.78, 5) is 5.15. The number of morpholine rings is 1. The molecule has 0 spiro atoms. The number of fused-ring (bicyclic) bond motifs is 1. The van der Waals surface area contributed by atoms with E-state index in [1.807, 2.05) is 6.07 Å². The van der Waals surface area contributed by atoms with Crippen LogP contribution in [0.2, 0.25) is 0 Å². The third-order valence-corrected chi connectivity index (χ3v) is 8.64. The number of ether oxygens (including phenoxy) is 1. The van der Waals surface area contributed by atoms with Gasteiger partial charge in [0.15, 0.2) is 0 Å². The predicted octanol–water partition coefficient (Wildman–Crippen LogP) is 4.52. The molecule has 0 saturated carbocycles. The Labute approximate surface area is 209 Å². The zero-order chi connectivity index (χ0) is 25.0. The highest BCUT2D eigenvalue weighted by atomic mass is 32.2. The molecule has 4 rings (SSSR count). The molecule has 1 atom stereocenters. The SMILES string of the molecule is CCCc1ccc([C@@H](NCc2nc3cc(S(=O)(=O)N4CCOCC4)ccc3n2CC)C(C)C)cc1.